The summed E-state index contributed by atoms with van der Waals surface area (Å²) in [7, 11) is 0. The van der Waals surface area contributed by atoms with Gasteiger partial charge in [-0.25, -0.2) is 0 Å². The summed E-state index contributed by atoms with van der Waals surface area (Å²) in [6.45, 7) is 1.65. The zero-order chi connectivity index (χ0) is 23.0. The highest BCUT2D eigenvalue weighted by Gasteiger charge is 2.18. The van der Waals surface area contributed by atoms with Crippen LogP contribution in [0.5, 0.6) is 0 Å². The highest BCUT2D eigenvalue weighted by atomic mass is 16.3. The average Bonchev–Trinajstić information content (AvgIpc) is 3.39. The van der Waals surface area contributed by atoms with Crippen molar-refractivity contribution in [3.63, 3.8) is 0 Å². The fourth-order valence-corrected chi connectivity index (χ4v) is 3.67. The molecule has 3 aromatic rings. The molecule has 1 fully saturated rings. The number of hydrogen-bond acceptors (Lipinski definition) is 5. The maximum atomic E-state index is 12.6. The number of benzene rings is 2. The Morgan fingerprint density at radius 2 is 1.58 bits per heavy atom. The van der Waals surface area contributed by atoms with Crippen LogP contribution in [-0.2, 0) is 4.79 Å². The first-order chi connectivity index (χ1) is 16.1. The average molecular weight is 447 g/mol. The molecule has 0 unspecified atom stereocenters. The molecule has 8 nitrogen and oxygen atoms in total. The van der Waals surface area contributed by atoms with E-state index in [0.29, 0.717) is 22.6 Å². The monoisotopic (exact) mass is 446 g/mol. The normalized spacial score (nSPS) is 13.3. The minimum atomic E-state index is -0.350. The van der Waals surface area contributed by atoms with Gasteiger partial charge in [-0.05, 0) is 73.9 Å². The molecular formula is C25H26N4O4. The van der Waals surface area contributed by atoms with Crippen molar-refractivity contribution in [2.24, 2.45) is 0 Å². The van der Waals surface area contributed by atoms with Crippen LogP contribution in [0.3, 0.4) is 0 Å². The molecule has 0 aliphatic carbocycles. The van der Waals surface area contributed by atoms with Crippen molar-refractivity contribution < 1.29 is 18.8 Å². The zero-order valence-corrected chi connectivity index (χ0v) is 18.2. The summed E-state index contributed by atoms with van der Waals surface area (Å²) in [5.41, 5.74) is 2.51. The summed E-state index contributed by atoms with van der Waals surface area (Å²) in [4.78, 5) is 38.9. The molecule has 1 aliphatic rings. The van der Waals surface area contributed by atoms with Crippen molar-refractivity contribution in [3.05, 3.63) is 78.3 Å². The molecule has 0 radical (unpaired) electrons. The summed E-state index contributed by atoms with van der Waals surface area (Å²) in [6, 6.07) is 17.2. The Hall–Kier alpha value is -4.07. The van der Waals surface area contributed by atoms with E-state index in [1.165, 1.54) is 12.7 Å². The van der Waals surface area contributed by atoms with Crippen molar-refractivity contribution in [1.29, 1.82) is 0 Å². The lowest BCUT2D eigenvalue weighted by atomic mass is 10.1. The molecule has 0 spiro atoms. The minimum absolute atomic E-state index is 0.0354. The van der Waals surface area contributed by atoms with Gasteiger partial charge >= 0.3 is 0 Å². The molecule has 3 N–H and O–H groups in total. The lowest BCUT2D eigenvalue weighted by molar-refractivity contribution is -0.114. The number of rotatable bonds is 7. The van der Waals surface area contributed by atoms with Crippen LogP contribution >= 0.6 is 0 Å². The van der Waals surface area contributed by atoms with Crippen LogP contribution in [-0.4, -0.2) is 42.3 Å². The number of nitrogens with zero attached hydrogens (tertiary/aromatic N) is 1. The Bertz CT molecular complexity index is 1100. The van der Waals surface area contributed by atoms with Crippen LogP contribution < -0.4 is 16.0 Å². The second-order valence-corrected chi connectivity index (χ2v) is 7.84. The van der Waals surface area contributed by atoms with E-state index in [9.17, 15) is 14.4 Å². The number of piperidine rings is 1. The Balaban J connectivity index is 1.27. The Kier molecular flexibility index (Phi) is 7.04. The molecule has 170 valence electrons. The molecule has 1 aromatic heterocycles. The molecule has 3 amide bonds. The van der Waals surface area contributed by atoms with Crippen LogP contribution in [0.2, 0.25) is 0 Å². The standard InChI is InChI=1S/C25H26N4O4/c30-23(27-19-11-9-18(10-12-19)25(32)29-13-2-1-3-14-29)17-26-20-6-4-7-21(16-20)28-24(31)22-8-5-15-33-22/h4-12,15-16,26H,1-3,13-14,17H2,(H,27,30)(H,28,31). The topological polar surface area (TPSA) is 104 Å². The third-order valence-electron chi connectivity index (χ3n) is 5.38. The number of hydrogen-bond donors (Lipinski definition) is 3. The predicted octanol–water partition coefficient (Wildman–Crippen LogP) is 4.21. The van der Waals surface area contributed by atoms with Crippen molar-refractivity contribution in [3.8, 4) is 0 Å². The van der Waals surface area contributed by atoms with Gasteiger partial charge in [0.1, 0.15) is 0 Å². The van der Waals surface area contributed by atoms with Gasteiger partial charge in [-0.1, -0.05) is 6.07 Å². The van der Waals surface area contributed by atoms with E-state index in [1.807, 2.05) is 4.90 Å². The Morgan fingerprint density at radius 3 is 2.30 bits per heavy atom. The highest BCUT2D eigenvalue weighted by molar-refractivity contribution is 6.02. The van der Waals surface area contributed by atoms with Gasteiger partial charge in [-0.2, -0.15) is 0 Å². The minimum Gasteiger partial charge on any atom is -0.459 e. The summed E-state index contributed by atoms with van der Waals surface area (Å²) in [6.07, 6.45) is 4.70. The third-order valence-corrected chi connectivity index (χ3v) is 5.38. The molecule has 1 saturated heterocycles. The van der Waals surface area contributed by atoms with Crippen molar-refractivity contribution in [2.75, 3.05) is 35.6 Å². The number of likely N-dealkylation sites (tertiary alicyclic amines) is 1. The SMILES string of the molecule is O=C(CNc1cccc(NC(=O)c2ccco2)c1)Nc1ccc(C(=O)N2CCCCC2)cc1. The molecule has 2 heterocycles. The smallest absolute Gasteiger partial charge is 0.291 e. The number of carbonyl (C=O) groups excluding carboxylic acids is 3. The number of carbonyl (C=O) groups is 3. The van der Waals surface area contributed by atoms with Crippen molar-refractivity contribution in [2.45, 2.75) is 19.3 Å². The van der Waals surface area contributed by atoms with E-state index in [2.05, 4.69) is 16.0 Å². The van der Waals surface area contributed by atoms with Gasteiger partial charge in [-0.3, -0.25) is 14.4 Å². The molecule has 8 heteroatoms. The summed E-state index contributed by atoms with van der Waals surface area (Å²) < 4.78 is 5.08. The van der Waals surface area contributed by atoms with Crippen molar-refractivity contribution >= 4 is 34.8 Å². The highest BCUT2D eigenvalue weighted by Crippen LogP contribution is 2.17. The van der Waals surface area contributed by atoms with Crippen LogP contribution in [0.15, 0.2) is 71.3 Å². The third kappa shape index (κ3) is 6.00. The number of furan rings is 1. The molecule has 4 rings (SSSR count). The predicted molar refractivity (Wildman–Crippen MR) is 126 cm³/mol. The van der Waals surface area contributed by atoms with E-state index >= 15 is 0 Å². The van der Waals surface area contributed by atoms with E-state index < -0.39 is 0 Å². The van der Waals surface area contributed by atoms with Gasteiger partial charge in [0.05, 0.1) is 12.8 Å². The second kappa shape index (κ2) is 10.5. The van der Waals surface area contributed by atoms with E-state index in [4.69, 9.17) is 4.42 Å². The van der Waals surface area contributed by atoms with Crippen LogP contribution in [0.1, 0.15) is 40.2 Å². The van der Waals surface area contributed by atoms with Gasteiger partial charge in [0.25, 0.3) is 11.8 Å². The van der Waals surface area contributed by atoms with Crippen molar-refractivity contribution in [1.82, 2.24) is 4.90 Å². The molecule has 0 atom stereocenters. The maximum absolute atomic E-state index is 12.6. The van der Waals surface area contributed by atoms with E-state index in [1.54, 1.807) is 60.7 Å². The van der Waals surface area contributed by atoms with Gasteiger partial charge in [0.15, 0.2) is 5.76 Å². The first kappa shape index (κ1) is 22.1. The largest absolute Gasteiger partial charge is 0.459 e. The number of nitrogens with one attached hydrogen (secondary N) is 3. The summed E-state index contributed by atoms with van der Waals surface area (Å²) in [5.74, 6) is -0.322. The quantitative estimate of drug-likeness (QED) is 0.504. The van der Waals surface area contributed by atoms with E-state index in [-0.39, 0.29) is 30.0 Å². The Morgan fingerprint density at radius 1 is 0.818 bits per heavy atom. The van der Waals surface area contributed by atoms with E-state index in [0.717, 1.165) is 25.9 Å². The molecule has 1 aliphatic heterocycles. The van der Waals surface area contributed by atoms with Crippen LogP contribution in [0.25, 0.3) is 0 Å². The van der Waals surface area contributed by atoms with Gasteiger partial charge < -0.3 is 25.3 Å². The summed E-state index contributed by atoms with van der Waals surface area (Å²) >= 11 is 0. The number of amides is 3. The molecule has 0 bridgehead atoms. The first-order valence-electron chi connectivity index (χ1n) is 11.0. The molecular weight excluding hydrogens is 420 g/mol. The second-order valence-electron chi connectivity index (χ2n) is 7.84. The molecule has 2 aromatic carbocycles. The van der Waals surface area contributed by atoms with Gasteiger partial charge in [0, 0.05) is 35.7 Å². The van der Waals surface area contributed by atoms with Crippen LogP contribution in [0, 0.1) is 0 Å². The zero-order valence-electron chi connectivity index (χ0n) is 18.2. The maximum Gasteiger partial charge on any atom is 0.291 e. The van der Waals surface area contributed by atoms with Gasteiger partial charge in [-0.15, -0.1) is 0 Å². The number of anilines is 3. The molecule has 33 heavy (non-hydrogen) atoms. The summed E-state index contributed by atoms with van der Waals surface area (Å²) in [5, 5.41) is 8.60. The Labute approximate surface area is 192 Å². The van der Waals surface area contributed by atoms with Gasteiger partial charge in [0.2, 0.25) is 5.91 Å². The first-order valence-corrected chi connectivity index (χ1v) is 11.0. The van der Waals surface area contributed by atoms with Crippen LogP contribution in [0.4, 0.5) is 17.1 Å². The fraction of sp³-hybridized carbons (Fsp3) is 0.240. The fourth-order valence-electron chi connectivity index (χ4n) is 3.67. The molecule has 0 saturated carbocycles. The lowest BCUT2D eigenvalue weighted by Gasteiger charge is -2.26. The lowest BCUT2D eigenvalue weighted by Crippen LogP contribution is -2.35.